The second-order valence-electron chi connectivity index (χ2n) is 12.0. The van der Waals surface area contributed by atoms with Gasteiger partial charge < -0.3 is 4.74 Å². The van der Waals surface area contributed by atoms with E-state index in [4.69, 9.17) is 4.74 Å². The van der Waals surface area contributed by atoms with Gasteiger partial charge in [-0.15, -0.1) is 11.7 Å². The van der Waals surface area contributed by atoms with Gasteiger partial charge in [0.2, 0.25) is 0 Å². The summed E-state index contributed by atoms with van der Waals surface area (Å²) in [7, 11) is 0. The lowest BCUT2D eigenvalue weighted by Crippen LogP contribution is -2.53. The van der Waals surface area contributed by atoms with Gasteiger partial charge >= 0.3 is 5.97 Å². The maximum atomic E-state index is 14.0. The van der Waals surface area contributed by atoms with Gasteiger partial charge in [0.15, 0.2) is 0 Å². The van der Waals surface area contributed by atoms with E-state index < -0.39 is 5.41 Å². The first-order valence-electron chi connectivity index (χ1n) is 13.3. The van der Waals surface area contributed by atoms with Crippen molar-refractivity contribution in [2.75, 3.05) is 0 Å². The number of ether oxygens (including phenoxy) is 1. The molecule has 0 saturated heterocycles. The molecule has 0 spiro atoms. The number of allylic oxidation sites excluding steroid dienone is 3. The maximum absolute atomic E-state index is 14.0. The molecule has 0 N–H and O–H groups in total. The SMILES string of the molecule is C=C[C@@]1(C)CC=C2[C@@H](CC[C@@H]3[C@](C)(C(=O)OCc4cn(Cc5ccccc5F)nn4)CCC[C@@]23C)C1. The van der Waals surface area contributed by atoms with Gasteiger partial charge in [0.1, 0.15) is 18.1 Å². The van der Waals surface area contributed by atoms with Crippen LogP contribution in [0.1, 0.15) is 77.0 Å². The van der Waals surface area contributed by atoms with Crippen molar-refractivity contribution in [3.8, 4) is 0 Å². The van der Waals surface area contributed by atoms with Crippen LogP contribution in [0.2, 0.25) is 0 Å². The van der Waals surface area contributed by atoms with E-state index in [9.17, 15) is 9.18 Å². The lowest BCUT2D eigenvalue weighted by atomic mass is 9.46. The Morgan fingerprint density at radius 1 is 1.25 bits per heavy atom. The largest absolute Gasteiger partial charge is 0.459 e. The Bertz CT molecular complexity index is 1190. The molecule has 0 amide bonds. The van der Waals surface area contributed by atoms with E-state index in [1.165, 1.54) is 6.07 Å². The third kappa shape index (κ3) is 4.33. The van der Waals surface area contributed by atoms with E-state index in [2.05, 4.69) is 49.8 Å². The maximum Gasteiger partial charge on any atom is 0.312 e. The Kier molecular flexibility index (Phi) is 6.42. The van der Waals surface area contributed by atoms with Gasteiger partial charge in [0, 0.05) is 5.56 Å². The fourth-order valence-electron chi connectivity index (χ4n) is 7.45. The summed E-state index contributed by atoms with van der Waals surface area (Å²) in [5.74, 6) is 0.462. The number of carbonyl (C=O) groups is 1. The minimum Gasteiger partial charge on any atom is -0.459 e. The number of hydrogen-bond acceptors (Lipinski definition) is 4. The first kappa shape index (κ1) is 24.9. The first-order chi connectivity index (χ1) is 17.2. The van der Waals surface area contributed by atoms with Crippen LogP contribution in [0.5, 0.6) is 0 Å². The molecule has 6 heteroatoms. The van der Waals surface area contributed by atoms with E-state index in [1.54, 1.807) is 34.7 Å². The van der Waals surface area contributed by atoms with Gasteiger partial charge in [-0.25, -0.2) is 9.07 Å². The van der Waals surface area contributed by atoms with Gasteiger partial charge in [0.05, 0.1) is 18.2 Å². The predicted octanol–water partition coefficient (Wildman–Crippen LogP) is 6.64. The molecule has 2 aromatic rings. The summed E-state index contributed by atoms with van der Waals surface area (Å²) in [6, 6.07) is 6.62. The van der Waals surface area contributed by atoms with Crippen molar-refractivity contribution >= 4 is 5.97 Å². The van der Waals surface area contributed by atoms with Crippen LogP contribution in [-0.4, -0.2) is 21.0 Å². The highest BCUT2D eigenvalue weighted by atomic mass is 19.1. The van der Waals surface area contributed by atoms with Crippen molar-refractivity contribution in [2.45, 2.75) is 78.9 Å². The zero-order chi connectivity index (χ0) is 25.6. The number of aromatic nitrogens is 3. The fraction of sp³-hybridized carbons (Fsp3) is 0.567. The van der Waals surface area contributed by atoms with Crippen molar-refractivity contribution in [3.05, 3.63) is 71.8 Å². The number of nitrogens with zero attached hydrogens (tertiary/aromatic N) is 3. The summed E-state index contributed by atoms with van der Waals surface area (Å²) < 4.78 is 21.4. The van der Waals surface area contributed by atoms with E-state index in [0.717, 1.165) is 44.9 Å². The molecule has 0 aliphatic heterocycles. The van der Waals surface area contributed by atoms with Crippen molar-refractivity contribution in [1.82, 2.24) is 15.0 Å². The van der Waals surface area contributed by atoms with E-state index in [-0.39, 0.29) is 41.7 Å². The number of benzene rings is 1. The summed E-state index contributed by atoms with van der Waals surface area (Å²) in [6.45, 7) is 11.3. The van der Waals surface area contributed by atoms with Crippen LogP contribution in [0.25, 0.3) is 0 Å². The quantitative estimate of drug-likeness (QED) is 0.336. The lowest BCUT2D eigenvalue weighted by Gasteiger charge is -2.58. The molecule has 36 heavy (non-hydrogen) atoms. The van der Waals surface area contributed by atoms with Crippen molar-refractivity contribution in [1.29, 1.82) is 0 Å². The predicted molar refractivity (Wildman–Crippen MR) is 137 cm³/mol. The van der Waals surface area contributed by atoms with Crippen LogP contribution in [0.15, 0.2) is 54.8 Å². The average Bonchev–Trinajstić information content (AvgIpc) is 3.31. The Labute approximate surface area is 213 Å². The topological polar surface area (TPSA) is 57.0 Å². The molecule has 5 nitrogen and oxygen atoms in total. The summed E-state index contributed by atoms with van der Waals surface area (Å²) >= 11 is 0. The standard InChI is InChI=1S/C30H38FN3O2/c1-5-28(2)16-13-24-21(17-28)11-12-26-29(24,3)14-8-15-30(26,4)27(35)36-20-23-19-34(33-32-23)18-22-9-6-7-10-25(22)31/h5-7,9-10,13,19,21,26H,1,8,11-12,14-18,20H2,2-4H3/t21-,26-,28-,29-,30+/m0/s1. The Hall–Kier alpha value is -2.76. The first-order valence-corrected chi connectivity index (χ1v) is 13.3. The summed E-state index contributed by atoms with van der Waals surface area (Å²) in [5, 5.41) is 8.24. The van der Waals surface area contributed by atoms with Gasteiger partial charge in [-0.05, 0) is 74.2 Å². The second-order valence-corrected chi connectivity index (χ2v) is 12.0. The normalized spacial score (nSPS) is 33.7. The number of carbonyl (C=O) groups excluding carboxylic acids is 1. The number of halogens is 1. The van der Waals surface area contributed by atoms with Crippen LogP contribution in [0, 0.1) is 33.9 Å². The molecule has 3 aliphatic rings. The minimum atomic E-state index is -0.513. The zero-order valence-electron chi connectivity index (χ0n) is 21.8. The summed E-state index contributed by atoms with van der Waals surface area (Å²) in [5.41, 5.74) is 2.40. The monoisotopic (exact) mass is 491 g/mol. The van der Waals surface area contributed by atoms with Crippen molar-refractivity contribution in [2.24, 2.45) is 28.1 Å². The third-order valence-electron chi connectivity index (χ3n) is 9.52. The van der Waals surface area contributed by atoms with E-state index in [0.29, 0.717) is 17.2 Å². The van der Waals surface area contributed by atoms with Gasteiger partial charge in [-0.2, -0.15) is 0 Å². The Morgan fingerprint density at radius 2 is 2.06 bits per heavy atom. The summed E-state index contributed by atoms with van der Waals surface area (Å²) in [4.78, 5) is 13.6. The molecule has 3 aliphatic carbocycles. The highest BCUT2D eigenvalue weighted by Gasteiger charge is 2.58. The highest BCUT2D eigenvalue weighted by Crippen LogP contribution is 2.64. The molecule has 0 unspecified atom stereocenters. The molecular formula is C30H38FN3O2. The van der Waals surface area contributed by atoms with Crippen LogP contribution in [0.3, 0.4) is 0 Å². The highest BCUT2D eigenvalue weighted by molar-refractivity contribution is 5.77. The van der Waals surface area contributed by atoms with Crippen molar-refractivity contribution < 1.29 is 13.9 Å². The molecule has 2 saturated carbocycles. The van der Waals surface area contributed by atoms with Gasteiger partial charge in [0.25, 0.3) is 0 Å². The Balaban J connectivity index is 1.28. The molecule has 1 aromatic heterocycles. The summed E-state index contributed by atoms with van der Waals surface area (Å²) in [6.07, 6.45) is 13.7. The lowest BCUT2D eigenvalue weighted by molar-refractivity contribution is -0.169. The van der Waals surface area contributed by atoms with Crippen LogP contribution >= 0.6 is 0 Å². The van der Waals surface area contributed by atoms with Gasteiger partial charge in [-0.3, -0.25) is 4.79 Å². The number of fused-ring (bicyclic) bond motifs is 3. The molecule has 1 aromatic carbocycles. The number of hydrogen-bond donors (Lipinski definition) is 0. The average molecular weight is 492 g/mol. The zero-order valence-corrected chi connectivity index (χ0v) is 21.8. The molecule has 5 atom stereocenters. The molecule has 0 bridgehead atoms. The molecule has 2 fully saturated rings. The van der Waals surface area contributed by atoms with E-state index >= 15 is 0 Å². The third-order valence-corrected chi connectivity index (χ3v) is 9.52. The van der Waals surface area contributed by atoms with Crippen LogP contribution in [0.4, 0.5) is 4.39 Å². The molecule has 5 rings (SSSR count). The van der Waals surface area contributed by atoms with Crippen LogP contribution in [-0.2, 0) is 22.7 Å². The molecule has 0 radical (unpaired) electrons. The minimum absolute atomic E-state index is 0.0420. The molecular weight excluding hydrogens is 453 g/mol. The number of esters is 1. The van der Waals surface area contributed by atoms with E-state index in [1.807, 2.05) is 0 Å². The van der Waals surface area contributed by atoms with Crippen LogP contribution < -0.4 is 0 Å². The second kappa shape index (κ2) is 9.28. The molecule has 1 heterocycles. The van der Waals surface area contributed by atoms with Gasteiger partial charge in [-0.1, -0.05) is 61.4 Å². The smallest absolute Gasteiger partial charge is 0.312 e. The number of rotatable bonds is 6. The Morgan fingerprint density at radius 3 is 2.83 bits per heavy atom. The molecule has 192 valence electrons. The fourth-order valence-corrected chi connectivity index (χ4v) is 7.45. The van der Waals surface area contributed by atoms with Crippen molar-refractivity contribution in [3.63, 3.8) is 0 Å².